The molecule has 60 valence electrons. The highest BCUT2D eigenvalue weighted by Crippen LogP contribution is 2.36. The Hall–Kier alpha value is -0.0800. The SMILES string of the molecule is CC(CN(C)CN)C1CC1. The van der Waals surface area contributed by atoms with Gasteiger partial charge in [0.1, 0.15) is 0 Å². The molecule has 1 atom stereocenters. The Labute approximate surface area is 63.4 Å². The lowest BCUT2D eigenvalue weighted by atomic mass is 10.1. The van der Waals surface area contributed by atoms with Gasteiger partial charge in [-0.1, -0.05) is 6.92 Å². The molecule has 0 bridgehead atoms. The summed E-state index contributed by atoms with van der Waals surface area (Å²) < 4.78 is 0. The molecule has 0 aliphatic heterocycles. The number of hydrogen-bond donors (Lipinski definition) is 1. The largest absolute Gasteiger partial charge is 0.318 e. The van der Waals surface area contributed by atoms with Crippen molar-refractivity contribution in [3.8, 4) is 0 Å². The van der Waals surface area contributed by atoms with Crippen LogP contribution in [-0.2, 0) is 0 Å². The summed E-state index contributed by atoms with van der Waals surface area (Å²) in [6, 6.07) is 0. The van der Waals surface area contributed by atoms with Crippen LogP contribution in [-0.4, -0.2) is 25.2 Å². The van der Waals surface area contributed by atoms with Crippen LogP contribution in [0.3, 0.4) is 0 Å². The average Bonchev–Trinajstić information content (AvgIpc) is 2.68. The van der Waals surface area contributed by atoms with Crippen molar-refractivity contribution in [3.63, 3.8) is 0 Å². The van der Waals surface area contributed by atoms with E-state index in [0.717, 1.165) is 11.8 Å². The van der Waals surface area contributed by atoms with Crippen LogP contribution < -0.4 is 5.73 Å². The first kappa shape index (κ1) is 8.02. The summed E-state index contributed by atoms with van der Waals surface area (Å²) in [5.41, 5.74) is 5.47. The van der Waals surface area contributed by atoms with Crippen molar-refractivity contribution >= 4 is 0 Å². The molecular weight excluding hydrogens is 124 g/mol. The monoisotopic (exact) mass is 142 g/mol. The maximum absolute atomic E-state index is 5.47. The number of rotatable bonds is 4. The van der Waals surface area contributed by atoms with E-state index in [1.807, 2.05) is 0 Å². The standard InChI is InChI=1S/C8H18N2/c1-7(8-3-4-8)5-10(2)6-9/h7-8H,3-6,9H2,1-2H3. The smallest absolute Gasteiger partial charge is 0.0452 e. The topological polar surface area (TPSA) is 29.3 Å². The van der Waals surface area contributed by atoms with Gasteiger partial charge in [0.15, 0.2) is 0 Å². The van der Waals surface area contributed by atoms with Gasteiger partial charge in [0.25, 0.3) is 0 Å². The quantitative estimate of drug-likeness (QED) is 0.590. The van der Waals surface area contributed by atoms with Crippen molar-refractivity contribution in [1.82, 2.24) is 4.90 Å². The molecule has 2 nitrogen and oxygen atoms in total. The fourth-order valence-corrected chi connectivity index (χ4v) is 1.38. The summed E-state index contributed by atoms with van der Waals surface area (Å²) in [4.78, 5) is 2.18. The Kier molecular flexibility index (Phi) is 2.69. The maximum atomic E-state index is 5.47. The molecule has 1 aliphatic carbocycles. The summed E-state index contributed by atoms with van der Waals surface area (Å²) in [5.74, 6) is 1.86. The van der Waals surface area contributed by atoms with E-state index >= 15 is 0 Å². The van der Waals surface area contributed by atoms with Gasteiger partial charge in [-0.25, -0.2) is 0 Å². The first-order valence-corrected chi connectivity index (χ1v) is 4.12. The molecule has 0 aromatic rings. The van der Waals surface area contributed by atoms with E-state index in [9.17, 15) is 0 Å². The van der Waals surface area contributed by atoms with Gasteiger partial charge >= 0.3 is 0 Å². The Morgan fingerprint density at radius 2 is 2.20 bits per heavy atom. The number of hydrogen-bond acceptors (Lipinski definition) is 2. The predicted molar refractivity (Wildman–Crippen MR) is 43.6 cm³/mol. The molecule has 0 heterocycles. The van der Waals surface area contributed by atoms with Crippen LogP contribution in [0.4, 0.5) is 0 Å². The summed E-state index contributed by atoms with van der Waals surface area (Å²) in [6.07, 6.45) is 2.89. The van der Waals surface area contributed by atoms with Crippen LogP contribution in [0.25, 0.3) is 0 Å². The molecule has 0 aromatic carbocycles. The average molecular weight is 142 g/mol. The van der Waals surface area contributed by atoms with Crippen LogP contribution in [0.2, 0.25) is 0 Å². The molecule has 1 saturated carbocycles. The zero-order chi connectivity index (χ0) is 7.56. The Morgan fingerprint density at radius 1 is 1.60 bits per heavy atom. The summed E-state index contributed by atoms with van der Waals surface area (Å²) in [5, 5.41) is 0. The van der Waals surface area contributed by atoms with Crippen molar-refractivity contribution in [2.24, 2.45) is 17.6 Å². The van der Waals surface area contributed by atoms with E-state index in [1.54, 1.807) is 0 Å². The first-order chi connectivity index (χ1) is 4.74. The molecule has 1 unspecified atom stereocenters. The Balaban J connectivity index is 2.10. The van der Waals surface area contributed by atoms with Crippen LogP contribution in [0.1, 0.15) is 19.8 Å². The molecule has 0 radical (unpaired) electrons. The highest BCUT2D eigenvalue weighted by atomic mass is 15.1. The molecule has 2 heteroatoms. The van der Waals surface area contributed by atoms with Gasteiger partial charge in [0.2, 0.25) is 0 Å². The van der Waals surface area contributed by atoms with E-state index in [1.165, 1.54) is 19.4 Å². The predicted octanol–water partition coefficient (Wildman–Crippen LogP) is 0.880. The van der Waals surface area contributed by atoms with Crippen molar-refractivity contribution < 1.29 is 0 Å². The minimum atomic E-state index is 0.692. The van der Waals surface area contributed by atoms with Crippen molar-refractivity contribution in [2.75, 3.05) is 20.3 Å². The highest BCUT2D eigenvalue weighted by Gasteiger charge is 2.27. The lowest BCUT2D eigenvalue weighted by Gasteiger charge is -2.18. The minimum Gasteiger partial charge on any atom is -0.318 e. The normalized spacial score (nSPS) is 21.6. The molecular formula is C8H18N2. The third kappa shape index (κ3) is 2.27. The van der Waals surface area contributed by atoms with Crippen LogP contribution in [0, 0.1) is 11.8 Å². The lowest BCUT2D eigenvalue weighted by Crippen LogP contribution is -2.30. The molecule has 0 saturated heterocycles. The van der Waals surface area contributed by atoms with E-state index in [0.29, 0.717) is 6.67 Å². The molecule has 1 aliphatic rings. The summed E-state index contributed by atoms with van der Waals surface area (Å²) in [7, 11) is 2.08. The zero-order valence-corrected chi connectivity index (χ0v) is 7.01. The maximum Gasteiger partial charge on any atom is 0.0452 e. The molecule has 0 aromatic heterocycles. The fourth-order valence-electron chi connectivity index (χ4n) is 1.38. The van der Waals surface area contributed by atoms with Crippen molar-refractivity contribution in [3.05, 3.63) is 0 Å². The molecule has 10 heavy (non-hydrogen) atoms. The third-order valence-corrected chi connectivity index (χ3v) is 2.34. The van der Waals surface area contributed by atoms with Crippen LogP contribution >= 0.6 is 0 Å². The molecule has 2 N–H and O–H groups in total. The Morgan fingerprint density at radius 3 is 2.60 bits per heavy atom. The second-order valence-electron chi connectivity index (χ2n) is 3.54. The minimum absolute atomic E-state index is 0.692. The first-order valence-electron chi connectivity index (χ1n) is 4.12. The van der Waals surface area contributed by atoms with Gasteiger partial charge in [-0.15, -0.1) is 0 Å². The fraction of sp³-hybridized carbons (Fsp3) is 1.00. The number of nitrogens with two attached hydrogens (primary N) is 1. The van der Waals surface area contributed by atoms with Crippen LogP contribution in [0.15, 0.2) is 0 Å². The van der Waals surface area contributed by atoms with Gasteiger partial charge in [0, 0.05) is 13.2 Å². The molecule has 1 fully saturated rings. The van der Waals surface area contributed by atoms with Gasteiger partial charge in [0.05, 0.1) is 0 Å². The van der Waals surface area contributed by atoms with E-state index in [4.69, 9.17) is 5.73 Å². The Bertz CT molecular complexity index is 99.4. The van der Waals surface area contributed by atoms with Gasteiger partial charge in [-0.3, -0.25) is 4.90 Å². The summed E-state index contributed by atoms with van der Waals surface area (Å²) >= 11 is 0. The third-order valence-electron chi connectivity index (χ3n) is 2.34. The summed E-state index contributed by atoms with van der Waals surface area (Å²) in [6.45, 7) is 4.18. The zero-order valence-electron chi connectivity index (χ0n) is 7.01. The van der Waals surface area contributed by atoms with Gasteiger partial charge in [-0.2, -0.15) is 0 Å². The number of nitrogens with zero attached hydrogens (tertiary/aromatic N) is 1. The second kappa shape index (κ2) is 3.35. The van der Waals surface area contributed by atoms with E-state index < -0.39 is 0 Å². The van der Waals surface area contributed by atoms with Gasteiger partial charge in [-0.05, 0) is 31.7 Å². The van der Waals surface area contributed by atoms with Gasteiger partial charge < -0.3 is 5.73 Å². The molecule has 0 spiro atoms. The van der Waals surface area contributed by atoms with E-state index in [2.05, 4.69) is 18.9 Å². The molecule has 1 rings (SSSR count). The highest BCUT2D eigenvalue weighted by molar-refractivity contribution is 4.79. The van der Waals surface area contributed by atoms with E-state index in [-0.39, 0.29) is 0 Å². The van der Waals surface area contributed by atoms with Crippen LogP contribution in [0.5, 0.6) is 0 Å². The van der Waals surface area contributed by atoms with Crippen molar-refractivity contribution in [1.29, 1.82) is 0 Å². The molecule has 0 amide bonds. The second-order valence-corrected chi connectivity index (χ2v) is 3.54. The lowest BCUT2D eigenvalue weighted by molar-refractivity contribution is 0.277. The van der Waals surface area contributed by atoms with Crippen molar-refractivity contribution in [2.45, 2.75) is 19.8 Å².